The van der Waals surface area contributed by atoms with Crippen molar-refractivity contribution in [2.75, 3.05) is 7.11 Å². The number of rotatable bonds is 5. The zero-order valence-corrected chi connectivity index (χ0v) is 10.8. The van der Waals surface area contributed by atoms with Gasteiger partial charge in [-0.25, -0.2) is 0 Å². The topological polar surface area (TPSA) is 47.3 Å². The zero-order valence-electron chi connectivity index (χ0n) is 9.34. The van der Waals surface area contributed by atoms with Gasteiger partial charge in [-0.2, -0.15) is 0 Å². The third-order valence-corrected chi connectivity index (χ3v) is 3.36. The van der Waals surface area contributed by atoms with E-state index in [9.17, 15) is 0 Å². The van der Waals surface area contributed by atoms with E-state index >= 15 is 0 Å². The summed E-state index contributed by atoms with van der Waals surface area (Å²) in [5.41, 5.74) is 3.62. The minimum absolute atomic E-state index is 0.0684. The highest BCUT2D eigenvalue weighted by atomic mass is 35.5. The first-order chi connectivity index (χ1) is 7.60. The van der Waals surface area contributed by atoms with Crippen molar-refractivity contribution in [2.45, 2.75) is 25.5 Å². The smallest absolute Gasteiger partial charge is 0.0640 e. The van der Waals surface area contributed by atoms with Gasteiger partial charge in [0.1, 0.15) is 0 Å². The lowest BCUT2D eigenvalue weighted by Crippen LogP contribution is -2.31. The molecule has 1 aromatic rings. The quantitative estimate of drug-likeness (QED) is 0.634. The normalized spacial score (nSPS) is 14.8. The van der Waals surface area contributed by atoms with Crippen LogP contribution in [0.1, 0.15) is 24.9 Å². The maximum atomic E-state index is 6.13. The molecular formula is C11H16Cl2N2O. The highest BCUT2D eigenvalue weighted by molar-refractivity contribution is 6.42. The molecule has 0 saturated heterocycles. The van der Waals surface area contributed by atoms with Gasteiger partial charge in [0.25, 0.3) is 0 Å². The standard InChI is InChI=1S/C11H16Cl2N2O/c1-7(16-2)6-10(15-14)8-4-3-5-9(12)11(8)13/h3-5,7,10,15H,6,14H2,1-2H3. The van der Waals surface area contributed by atoms with Gasteiger partial charge in [-0.15, -0.1) is 0 Å². The number of ether oxygens (including phenoxy) is 1. The molecule has 0 aromatic heterocycles. The summed E-state index contributed by atoms with van der Waals surface area (Å²) in [7, 11) is 1.66. The van der Waals surface area contributed by atoms with Crippen molar-refractivity contribution in [2.24, 2.45) is 5.84 Å². The predicted molar refractivity (Wildman–Crippen MR) is 67.6 cm³/mol. The van der Waals surface area contributed by atoms with Crippen LogP contribution >= 0.6 is 23.2 Å². The van der Waals surface area contributed by atoms with Gasteiger partial charge in [-0.1, -0.05) is 35.3 Å². The van der Waals surface area contributed by atoms with Crippen LogP contribution in [-0.2, 0) is 4.74 Å². The van der Waals surface area contributed by atoms with Crippen LogP contribution in [0, 0.1) is 0 Å². The first-order valence-corrected chi connectivity index (χ1v) is 5.78. The molecule has 0 aliphatic rings. The molecule has 0 bridgehead atoms. The molecule has 5 heteroatoms. The van der Waals surface area contributed by atoms with Crippen LogP contribution in [0.15, 0.2) is 18.2 Å². The number of hydrogen-bond donors (Lipinski definition) is 2. The number of hydrazine groups is 1. The van der Waals surface area contributed by atoms with E-state index in [1.165, 1.54) is 0 Å². The predicted octanol–water partition coefficient (Wildman–Crippen LogP) is 2.92. The van der Waals surface area contributed by atoms with E-state index in [-0.39, 0.29) is 12.1 Å². The molecule has 2 unspecified atom stereocenters. The lowest BCUT2D eigenvalue weighted by molar-refractivity contribution is 0.100. The molecule has 0 aliphatic heterocycles. The highest BCUT2D eigenvalue weighted by Gasteiger charge is 2.17. The number of methoxy groups -OCH3 is 1. The fraction of sp³-hybridized carbons (Fsp3) is 0.455. The number of nitrogens with two attached hydrogens (primary N) is 1. The highest BCUT2D eigenvalue weighted by Crippen LogP contribution is 2.31. The summed E-state index contributed by atoms with van der Waals surface area (Å²) >= 11 is 12.1. The minimum Gasteiger partial charge on any atom is -0.382 e. The van der Waals surface area contributed by atoms with Crippen molar-refractivity contribution in [1.29, 1.82) is 0 Å². The van der Waals surface area contributed by atoms with Crippen LogP contribution in [0.4, 0.5) is 0 Å². The van der Waals surface area contributed by atoms with E-state index in [4.69, 9.17) is 33.8 Å². The SMILES string of the molecule is COC(C)CC(NN)c1cccc(Cl)c1Cl. The Morgan fingerprint density at radius 1 is 1.44 bits per heavy atom. The molecule has 3 N–H and O–H groups in total. The summed E-state index contributed by atoms with van der Waals surface area (Å²) < 4.78 is 5.20. The van der Waals surface area contributed by atoms with Crippen molar-refractivity contribution in [3.8, 4) is 0 Å². The molecule has 90 valence electrons. The fourth-order valence-electron chi connectivity index (χ4n) is 1.50. The molecule has 1 aromatic carbocycles. The van der Waals surface area contributed by atoms with Gasteiger partial charge < -0.3 is 4.74 Å². The van der Waals surface area contributed by atoms with Crippen molar-refractivity contribution >= 4 is 23.2 Å². The second-order valence-corrected chi connectivity index (χ2v) is 4.43. The molecule has 0 fully saturated rings. The lowest BCUT2D eigenvalue weighted by Gasteiger charge is -2.21. The Morgan fingerprint density at radius 3 is 2.69 bits per heavy atom. The van der Waals surface area contributed by atoms with Crippen LogP contribution in [0.5, 0.6) is 0 Å². The second kappa shape index (κ2) is 6.42. The van der Waals surface area contributed by atoms with Crippen molar-refractivity contribution in [1.82, 2.24) is 5.43 Å². The van der Waals surface area contributed by atoms with E-state index in [2.05, 4.69) is 5.43 Å². The number of nitrogens with one attached hydrogen (secondary N) is 1. The Bertz CT molecular complexity index is 347. The third kappa shape index (κ3) is 3.34. The maximum absolute atomic E-state index is 6.13. The summed E-state index contributed by atoms with van der Waals surface area (Å²) in [4.78, 5) is 0. The molecule has 3 nitrogen and oxygen atoms in total. The lowest BCUT2D eigenvalue weighted by atomic mass is 10.0. The second-order valence-electron chi connectivity index (χ2n) is 3.64. The van der Waals surface area contributed by atoms with E-state index < -0.39 is 0 Å². The van der Waals surface area contributed by atoms with Crippen molar-refractivity contribution < 1.29 is 4.74 Å². The average molecular weight is 263 g/mol. The Balaban J connectivity index is 2.90. The van der Waals surface area contributed by atoms with Crippen LogP contribution in [0.3, 0.4) is 0 Å². The molecule has 2 atom stereocenters. The van der Waals surface area contributed by atoms with Gasteiger partial charge in [0.2, 0.25) is 0 Å². The van der Waals surface area contributed by atoms with Crippen LogP contribution in [0.2, 0.25) is 10.0 Å². The molecule has 16 heavy (non-hydrogen) atoms. The summed E-state index contributed by atoms with van der Waals surface area (Å²) in [5.74, 6) is 5.52. The van der Waals surface area contributed by atoms with Crippen LogP contribution in [-0.4, -0.2) is 13.2 Å². The van der Waals surface area contributed by atoms with E-state index in [0.717, 1.165) is 12.0 Å². The number of halogens is 2. The molecule has 0 amide bonds. The van der Waals surface area contributed by atoms with E-state index in [1.54, 1.807) is 13.2 Å². The van der Waals surface area contributed by atoms with Gasteiger partial charge in [0, 0.05) is 13.2 Å². The van der Waals surface area contributed by atoms with Gasteiger partial charge in [0.15, 0.2) is 0 Å². The third-order valence-electron chi connectivity index (χ3n) is 2.53. The molecule has 0 heterocycles. The molecule has 0 aliphatic carbocycles. The van der Waals surface area contributed by atoms with Crippen molar-refractivity contribution in [3.05, 3.63) is 33.8 Å². The average Bonchev–Trinajstić information content (AvgIpc) is 2.29. The van der Waals surface area contributed by atoms with Gasteiger partial charge in [-0.05, 0) is 25.0 Å². The Kier molecular flexibility index (Phi) is 5.52. The molecule has 0 spiro atoms. The van der Waals surface area contributed by atoms with Gasteiger partial charge in [-0.3, -0.25) is 11.3 Å². The van der Waals surface area contributed by atoms with Crippen LogP contribution < -0.4 is 11.3 Å². The summed E-state index contributed by atoms with van der Waals surface area (Å²) in [6.45, 7) is 1.97. The Hall–Kier alpha value is -0.320. The molecule has 1 rings (SSSR count). The van der Waals surface area contributed by atoms with Crippen LogP contribution in [0.25, 0.3) is 0 Å². The summed E-state index contributed by atoms with van der Waals surface area (Å²) in [6, 6.07) is 5.44. The molecular weight excluding hydrogens is 247 g/mol. The number of hydrogen-bond acceptors (Lipinski definition) is 3. The fourth-order valence-corrected chi connectivity index (χ4v) is 1.94. The maximum Gasteiger partial charge on any atom is 0.0640 e. The van der Waals surface area contributed by atoms with E-state index in [0.29, 0.717) is 10.0 Å². The molecule has 0 saturated carbocycles. The van der Waals surface area contributed by atoms with Gasteiger partial charge in [0.05, 0.1) is 16.1 Å². The summed E-state index contributed by atoms with van der Waals surface area (Å²) in [5, 5.41) is 1.07. The van der Waals surface area contributed by atoms with E-state index in [1.807, 2.05) is 19.1 Å². The molecule has 0 radical (unpaired) electrons. The Morgan fingerprint density at radius 2 is 2.12 bits per heavy atom. The summed E-state index contributed by atoms with van der Waals surface area (Å²) in [6.07, 6.45) is 0.823. The Labute approximate surface area is 106 Å². The zero-order chi connectivity index (χ0) is 12.1. The first-order valence-electron chi connectivity index (χ1n) is 5.03. The monoisotopic (exact) mass is 262 g/mol. The van der Waals surface area contributed by atoms with Crippen molar-refractivity contribution in [3.63, 3.8) is 0 Å². The minimum atomic E-state index is -0.0684. The first kappa shape index (κ1) is 13.7. The van der Waals surface area contributed by atoms with Gasteiger partial charge >= 0.3 is 0 Å². The number of benzene rings is 1. The largest absolute Gasteiger partial charge is 0.382 e.